The van der Waals surface area contributed by atoms with Gasteiger partial charge in [0.15, 0.2) is 0 Å². The van der Waals surface area contributed by atoms with Crippen molar-refractivity contribution in [3.05, 3.63) is 83.9 Å². The summed E-state index contributed by atoms with van der Waals surface area (Å²) in [6.07, 6.45) is 2.97. The fourth-order valence-corrected chi connectivity index (χ4v) is 4.15. The molecule has 1 fully saturated rings. The van der Waals surface area contributed by atoms with Gasteiger partial charge in [-0.1, -0.05) is 48.5 Å². The molecule has 2 atom stereocenters. The van der Waals surface area contributed by atoms with Crippen LogP contribution in [-0.4, -0.2) is 40.1 Å². The molecule has 5 heteroatoms. The highest BCUT2D eigenvalue weighted by molar-refractivity contribution is 6.21. The van der Waals surface area contributed by atoms with Crippen molar-refractivity contribution < 1.29 is 14.4 Å². The summed E-state index contributed by atoms with van der Waals surface area (Å²) in [4.78, 5) is 41.5. The summed E-state index contributed by atoms with van der Waals surface area (Å²) in [7, 11) is 0. The van der Waals surface area contributed by atoms with Crippen LogP contribution in [0.1, 0.15) is 39.1 Å². The highest BCUT2D eigenvalue weighted by Gasteiger charge is 2.43. The first-order chi connectivity index (χ1) is 13.6. The SMILES string of the molecule is C=CCC1CC(CN2C(=O)c3ccccc3C2=O)N(Cc2ccccc2)C1=O. The van der Waals surface area contributed by atoms with Gasteiger partial charge in [0.2, 0.25) is 5.91 Å². The van der Waals surface area contributed by atoms with Gasteiger partial charge in [0.1, 0.15) is 0 Å². The van der Waals surface area contributed by atoms with Gasteiger partial charge < -0.3 is 4.90 Å². The molecule has 1 saturated heterocycles. The standard InChI is InChI=1S/C23H22N2O3/c1-2-8-17-13-18(24(21(17)26)14-16-9-4-3-5-10-16)15-25-22(27)19-11-6-7-12-20(19)23(25)28/h2-7,9-12,17-18H,1,8,13-15H2. The van der Waals surface area contributed by atoms with Crippen molar-refractivity contribution in [2.45, 2.75) is 25.4 Å². The average molecular weight is 374 g/mol. The Morgan fingerprint density at radius 2 is 1.54 bits per heavy atom. The van der Waals surface area contributed by atoms with Gasteiger partial charge in [-0.3, -0.25) is 19.3 Å². The van der Waals surface area contributed by atoms with Crippen LogP contribution in [0.3, 0.4) is 0 Å². The molecule has 2 aliphatic rings. The van der Waals surface area contributed by atoms with Crippen LogP contribution < -0.4 is 0 Å². The molecule has 2 aliphatic heterocycles. The predicted octanol–water partition coefficient (Wildman–Crippen LogP) is 3.28. The number of allylic oxidation sites excluding steroid dienone is 1. The number of amides is 3. The van der Waals surface area contributed by atoms with Crippen molar-refractivity contribution in [2.75, 3.05) is 6.54 Å². The van der Waals surface area contributed by atoms with E-state index in [0.29, 0.717) is 30.5 Å². The molecule has 28 heavy (non-hydrogen) atoms. The Hall–Kier alpha value is -3.21. The van der Waals surface area contributed by atoms with E-state index in [0.717, 1.165) is 5.56 Å². The maximum Gasteiger partial charge on any atom is 0.261 e. The molecule has 2 heterocycles. The number of carbonyl (C=O) groups excluding carboxylic acids is 3. The number of carbonyl (C=O) groups is 3. The summed E-state index contributed by atoms with van der Waals surface area (Å²) < 4.78 is 0. The topological polar surface area (TPSA) is 57.7 Å². The minimum absolute atomic E-state index is 0.0605. The molecule has 142 valence electrons. The van der Waals surface area contributed by atoms with Crippen LogP contribution >= 0.6 is 0 Å². The molecular formula is C23H22N2O3. The molecule has 0 N–H and O–H groups in total. The highest BCUT2D eigenvalue weighted by atomic mass is 16.2. The number of rotatable bonds is 6. The van der Waals surface area contributed by atoms with Crippen molar-refractivity contribution in [2.24, 2.45) is 5.92 Å². The Bertz CT molecular complexity index is 903. The Kier molecular flexibility index (Phi) is 4.82. The molecule has 5 nitrogen and oxygen atoms in total. The molecule has 3 amide bonds. The third-order valence-electron chi connectivity index (χ3n) is 5.55. The lowest BCUT2D eigenvalue weighted by Gasteiger charge is -2.28. The van der Waals surface area contributed by atoms with Crippen LogP contribution in [0.2, 0.25) is 0 Å². The minimum Gasteiger partial charge on any atom is -0.333 e. The monoisotopic (exact) mass is 374 g/mol. The van der Waals surface area contributed by atoms with Gasteiger partial charge in [-0.25, -0.2) is 0 Å². The first kappa shape index (κ1) is 18.2. The second kappa shape index (κ2) is 7.43. The molecule has 2 aromatic carbocycles. The summed E-state index contributed by atoms with van der Waals surface area (Å²) in [5.41, 5.74) is 1.91. The lowest BCUT2D eigenvalue weighted by molar-refractivity contribution is -0.132. The van der Waals surface area contributed by atoms with Gasteiger partial charge in [0.05, 0.1) is 17.2 Å². The molecule has 0 aliphatic carbocycles. The zero-order valence-corrected chi connectivity index (χ0v) is 15.6. The zero-order chi connectivity index (χ0) is 19.7. The molecule has 0 bridgehead atoms. The quantitative estimate of drug-likeness (QED) is 0.576. The zero-order valence-electron chi connectivity index (χ0n) is 15.6. The van der Waals surface area contributed by atoms with Crippen LogP contribution in [0.5, 0.6) is 0 Å². The highest BCUT2D eigenvalue weighted by Crippen LogP contribution is 2.32. The molecule has 0 radical (unpaired) electrons. The molecule has 0 spiro atoms. The van der Waals surface area contributed by atoms with Gasteiger partial charge >= 0.3 is 0 Å². The van der Waals surface area contributed by atoms with Gasteiger partial charge in [0.25, 0.3) is 11.8 Å². The van der Waals surface area contributed by atoms with Crippen molar-refractivity contribution in [3.63, 3.8) is 0 Å². The third-order valence-corrected chi connectivity index (χ3v) is 5.55. The van der Waals surface area contributed by atoms with Crippen molar-refractivity contribution in [3.8, 4) is 0 Å². The Morgan fingerprint density at radius 1 is 0.929 bits per heavy atom. The van der Waals surface area contributed by atoms with E-state index in [-0.39, 0.29) is 36.2 Å². The number of fused-ring (bicyclic) bond motifs is 1. The summed E-state index contributed by atoms with van der Waals surface area (Å²) in [6.45, 7) is 4.45. The van der Waals surface area contributed by atoms with E-state index in [2.05, 4.69) is 6.58 Å². The number of nitrogens with zero attached hydrogens (tertiary/aromatic N) is 2. The van der Waals surface area contributed by atoms with Crippen molar-refractivity contribution in [1.82, 2.24) is 9.80 Å². The fraction of sp³-hybridized carbons (Fsp3) is 0.261. The van der Waals surface area contributed by atoms with Crippen molar-refractivity contribution >= 4 is 17.7 Å². The molecule has 0 saturated carbocycles. The van der Waals surface area contributed by atoms with Crippen LogP contribution in [0, 0.1) is 5.92 Å². The molecule has 2 aromatic rings. The molecular weight excluding hydrogens is 352 g/mol. The second-order valence-electron chi connectivity index (χ2n) is 7.33. The smallest absolute Gasteiger partial charge is 0.261 e. The van der Waals surface area contributed by atoms with Gasteiger partial charge in [-0.05, 0) is 30.5 Å². The van der Waals surface area contributed by atoms with Crippen LogP contribution in [0.4, 0.5) is 0 Å². The predicted molar refractivity (Wildman–Crippen MR) is 106 cm³/mol. The summed E-state index contributed by atoms with van der Waals surface area (Å²) in [5, 5.41) is 0. The van der Waals surface area contributed by atoms with E-state index in [9.17, 15) is 14.4 Å². The van der Waals surface area contributed by atoms with E-state index < -0.39 is 0 Å². The molecule has 0 aromatic heterocycles. The average Bonchev–Trinajstić information content (AvgIpc) is 3.13. The summed E-state index contributed by atoms with van der Waals surface area (Å²) in [5.74, 6) is -0.647. The summed E-state index contributed by atoms with van der Waals surface area (Å²) >= 11 is 0. The van der Waals surface area contributed by atoms with Gasteiger partial charge in [-0.2, -0.15) is 0 Å². The number of hydrogen-bond donors (Lipinski definition) is 0. The Balaban J connectivity index is 1.58. The molecule has 4 rings (SSSR count). The van der Waals surface area contributed by atoms with E-state index >= 15 is 0 Å². The van der Waals surface area contributed by atoms with Crippen LogP contribution in [-0.2, 0) is 11.3 Å². The first-order valence-electron chi connectivity index (χ1n) is 9.50. The Morgan fingerprint density at radius 3 is 2.14 bits per heavy atom. The van der Waals surface area contributed by atoms with E-state index in [1.54, 1.807) is 30.3 Å². The third kappa shape index (κ3) is 3.13. The number of likely N-dealkylation sites (tertiary alicyclic amines) is 1. The number of imide groups is 1. The first-order valence-corrected chi connectivity index (χ1v) is 9.50. The van der Waals surface area contributed by atoms with Gasteiger partial charge in [-0.15, -0.1) is 6.58 Å². The van der Waals surface area contributed by atoms with E-state index in [1.807, 2.05) is 35.2 Å². The number of benzene rings is 2. The van der Waals surface area contributed by atoms with Gasteiger partial charge in [0, 0.05) is 19.0 Å². The van der Waals surface area contributed by atoms with E-state index in [4.69, 9.17) is 0 Å². The van der Waals surface area contributed by atoms with Crippen molar-refractivity contribution in [1.29, 1.82) is 0 Å². The maximum atomic E-state index is 13.0. The largest absolute Gasteiger partial charge is 0.333 e. The lowest BCUT2D eigenvalue weighted by atomic mass is 10.0. The number of hydrogen-bond acceptors (Lipinski definition) is 3. The fourth-order valence-electron chi connectivity index (χ4n) is 4.15. The molecule has 2 unspecified atom stereocenters. The van der Waals surface area contributed by atoms with E-state index in [1.165, 1.54) is 4.90 Å². The second-order valence-corrected chi connectivity index (χ2v) is 7.33. The Labute approximate surface area is 164 Å². The normalized spacial score (nSPS) is 21.4. The summed E-state index contributed by atoms with van der Waals surface area (Å²) in [6, 6.07) is 16.5. The maximum absolute atomic E-state index is 13.0. The lowest BCUT2D eigenvalue weighted by Crippen LogP contribution is -2.43. The van der Waals surface area contributed by atoms with Crippen LogP contribution in [0.15, 0.2) is 67.3 Å². The van der Waals surface area contributed by atoms with Crippen LogP contribution in [0.25, 0.3) is 0 Å². The minimum atomic E-state index is -0.278.